The molecule has 0 atom stereocenters. The zero-order chi connectivity index (χ0) is 23.5. The van der Waals surface area contributed by atoms with Crippen molar-refractivity contribution in [2.75, 3.05) is 13.7 Å². The molecule has 1 aliphatic carbocycles. The molecule has 0 aliphatic heterocycles. The van der Waals surface area contributed by atoms with E-state index in [1.165, 1.54) is 38.5 Å². The van der Waals surface area contributed by atoms with E-state index >= 15 is 0 Å². The standard InChI is InChI=1S/C9H18O.2C8H18N2.CH3.La/c1-10-8-4-7-9-5-2-3-6-9;2*1-6(2)9-8(5)10-7(3)4;;/h9H,2-8H2,1H3;2*6-8H,1-5H3;1H3;/q;2*-2;-1;. The SMILES string of the molecule is CC(C)[N-]C(C)[N-]C(C)C.CC(C)[N-]C(C)[N-]C(C)C.COCCCC1CCCC1.[CH3-].[La]. The van der Waals surface area contributed by atoms with Crippen molar-refractivity contribution in [2.24, 2.45) is 5.92 Å². The smallest absolute Gasteiger partial charge is 0.0462 e. The van der Waals surface area contributed by atoms with E-state index in [1.807, 2.05) is 13.8 Å². The molecule has 0 unspecified atom stereocenters. The molecule has 0 aromatic carbocycles. The second-order valence-electron chi connectivity index (χ2n) is 9.52. The van der Waals surface area contributed by atoms with E-state index in [1.54, 1.807) is 7.11 Å². The van der Waals surface area contributed by atoms with Gasteiger partial charge in [-0.3, -0.25) is 0 Å². The third-order valence-corrected chi connectivity index (χ3v) is 4.49. The minimum atomic E-state index is 0. The predicted octanol–water partition coefficient (Wildman–Crippen LogP) is 8.85. The van der Waals surface area contributed by atoms with Gasteiger partial charge in [0, 0.05) is 49.3 Å². The molecule has 1 fully saturated rings. The molecule has 5 nitrogen and oxygen atoms in total. The van der Waals surface area contributed by atoms with Crippen molar-refractivity contribution in [2.45, 2.75) is 144 Å². The van der Waals surface area contributed by atoms with Crippen LogP contribution in [-0.2, 0) is 4.74 Å². The maximum atomic E-state index is 5.00. The first kappa shape index (κ1) is 40.2. The van der Waals surface area contributed by atoms with Gasteiger partial charge in [0.1, 0.15) is 0 Å². The summed E-state index contributed by atoms with van der Waals surface area (Å²) in [6.07, 6.45) is 8.89. The molecule has 32 heavy (non-hydrogen) atoms. The summed E-state index contributed by atoms with van der Waals surface area (Å²) >= 11 is 0. The average molecular weight is 581 g/mol. The fraction of sp³-hybridized carbons (Fsp3) is 0.962. The van der Waals surface area contributed by atoms with Crippen LogP contribution in [0.25, 0.3) is 21.3 Å². The van der Waals surface area contributed by atoms with Crippen molar-refractivity contribution in [1.82, 2.24) is 0 Å². The Bertz CT molecular complexity index is 307. The maximum Gasteiger partial charge on any atom is 0.0462 e. The molecular weight excluding hydrogens is 523 g/mol. The second-order valence-corrected chi connectivity index (χ2v) is 9.52. The molecule has 1 radical (unpaired) electrons. The van der Waals surface area contributed by atoms with Gasteiger partial charge in [-0.1, -0.05) is 81.1 Å². The Labute approximate surface area is 231 Å². The monoisotopic (exact) mass is 580 g/mol. The van der Waals surface area contributed by atoms with E-state index in [0.29, 0.717) is 24.2 Å². The largest absolute Gasteiger partial charge is 0.676 e. The van der Waals surface area contributed by atoms with Crippen LogP contribution >= 0.6 is 0 Å². The third-order valence-electron chi connectivity index (χ3n) is 4.49. The van der Waals surface area contributed by atoms with Crippen LogP contribution in [0.5, 0.6) is 0 Å². The Morgan fingerprint density at radius 2 is 0.969 bits per heavy atom. The summed E-state index contributed by atoms with van der Waals surface area (Å²) in [4.78, 5) is 0. The van der Waals surface area contributed by atoms with Crippen LogP contribution in [-0.4, -0.2) is 50.2 Å². The van der Waals surface area contributed by atoms with Gasteiger partial charge in [-0.25, -0.2) is 12.3 Å². The van der Waals surface area contributed by atoms with Crippen LogP contribution in [0.1, 0.15) is 108 Å². The van der Waals surface area contributed by atoms with Crippen molar-refractivity contribution < 1.29 is 40.3 Å². The molecule has 6 heteroatoms. The fourth-order valence-electron chi connectivity index (χ4n) is 3.62. The summed E-state index contributed by atoms with van der Waals surface area (Å²) < 4.78 is 5.00. The molecule has 0 heterocycles. The summed E-state index contributed by atoms with van der Waals surface area (Å²) in [5.74, 6) is 1.04. The number of hydrogen-bond donors (Lipinski definition) is 0. The molecule has 1 aliphatic rings. The molecule has 1 rings (SSSR count). The van der Waals surface area contributed by atoms with Crippen LogP contribution in [0.4, 0.5) is 0 Å². The van der Waals surface area contributed by atoms with Crippen molar-refractivity contribution in [3.05, 3.63) is 28.7 Å². The number of methoxy groups -OCH3 is 1. The van der Waals surface area contributed by atoms with Crippen molar-refractivity contribution in [3.63, 3.8) is 0 Å². The first-order chi connectivity index (χ1) is 14.0. The van der Waals surface area contributed by atoms with Crippen molar-refractivity contribution in [1.29, 1.82) is 0 Å². The van der Waals surface area contributed by atoms with Crippen molar-refractivity contribution in [3.8, 4) is 0 Å². The van der Waals surface area contributed by atoms with Gasteiger partial charge < -0.3 is 33.4 Å². The second kappa shape index (κ2) is 26.6. The molecule has 0 N–H and O–H groups in total. The number of hydrogen-bond acceptors (Lipinski definition) is 1. The van der Waals surface area contributed by atoms with Crippen LogP contribution in [0.15, 0.2) is 0 Å². The molecule has 0 aromatic heterocycles. The molecule has 195 valence electrons. The van der Waals surface area contributed by atoms with Crippen LogP contribution in [0.3, 0.4) is 0 Å². The number of ether oxygens (including phenoxy) is 1. The van der Waals surface area contributed by atoms with E-state index in [9.17, 15) is 0 Å². The van der Waals surface area contributed by atoms with Gasteiger partial charge >= 0.3 is 0 Å². The molecule has 0 spiro atoms. The molecule has 0 bridgehead atoms. The number of rotatable bonds is 12. The summed E-state index contributed by atoms with van der Waals surface area (Å²) in [5.41, 5.74) is 0. The average Bonchev–Trinajstić information content (AvgIpc) is 3.06. The first-order valence-corrected chi connectivity index (χ1v) is 12.3. The quantitative estimate of drug-likeness (QED) is 0.168. The summed E-state index contributed by atoms with van der Waals surface area (Å²) in [6.45, 7) is 21.6. The Hall–Kier alpha value is 0.995. The van der Waals surface area contributed by atoms with E-state index in [2.05, 4.69) is 76.7 Å². The third kappa shape index (κ3) is 33.2. The summed E-state index contributed by atoms with van der Waals surface area (Å²) in [7, 11) is 1.79. The molecular formula is C26H57LaN4O-5. The van der Waals surface area contributed by atoms with Gasteiger partial charge in [0.25, 0.3) is 0 Å². The Balaban J connectivity index is -0.000000178. The zero-order valence-corrected chi connectivity index (χ0v) is 27.4. The normalized spacial score (nSPS) is 13.8. The van der Waals surface area contributed by atoms with E-state index in [4.69, 9.17) is 4.74 Å². The van der Waals surface area contributed by atoms with E-state index < -0.39 is 0 Å². The predicted molar refractivity (Wildman–Crippen MR) is 142 cm³/mol. The maximum absolute atomic E-state index is 5.00. The molecule has 0 aromatic rings. The van der Waals surface area contributed by atoms with Crippen LogP contribution in [0.2, 0.25) is 0 Å². The van der Waals surface area contributed by atoms with Crippen LogP contribution < -0.4 is 0 Å². The van der Waals surface area contributed by atoms with Gasteiger partial charge in [-0.2, -0.15) is 0 Å². The van der Waals surface area contributed by atoms with Gasteiger partial charge in [0.2, 0.25) is 0 Å². The van der Waals surface area contributed by atoms with E-state index in [0.717, 1.165) is 12.5 Å². The van der Waals surface area contributed by atoms with Gasteiger partial charge in [0.15, 0.2) is 0 Å². The first-order valence-electron chi connectivity index (χ1n) is 12.3. The Kier molecular flexibility index (Phi) is 33.4. The van der Waals surface area contributed by atoms with E-state index in [-0.39, 0.29) is 55.4 Å². The van der Waals surface area contributed by atoms with Crippen molar-refractivity contribution >= 4 is 0 Å². The van der Waals surface area contributed by atoms with Crippen LogP contribution in [0, 0.1) is 48.9 Å². The summed E-state index contributed by atoms with van der Waals surface area (Å²) in [5, 5.41) is 17.4. The molecule has 0 amide bonds. The zero-order valence-electron chi connectivity index (χ0n) is 23.8. The summed E-state index contributed by atoms with van der Waals surface area (Å²) in [6, 6.07) is 1.60. The van der Waals surface area contributed by atoms with Gasteiger partial charge in [-0.05, 0) is 18.8 Å². The van der Waals surface area contributed by atoms with Gasteiger partial charge in [-0.15, -0.1) is 38.0 Å². The Morgan fingerprint density at radius 3 is 1.22 bits per heavy atom. The number of nitrogens with zero attached hydrogens (tertiary/aromatic N) is 4. The van der Waals surface area contributed by atoms with Gasteiger partial charge in [0.05, 0.1) is 0 Å². The minimum absolute atomic E-state index is 0. The molecule has 0 saturated heterocycles. The fourth-order valence-corrected chi connectivity index (χ4v) is 3.62. The topological polar surface area (TPSA) is 65.6 Å². The Morgan fingerprint density at radius 1 is 0.656 bits per heavy atom. The minimum Gasteiger partial charge on any atom is -0.676 e. The molecule has 1 saturated carbocycles.